The number of amides is 1. The Morgan fingerprint density at radius 3 is 2.31 bits per heavy atom. The number of rotatable bonds is 3. The molecule has 3 nitrogen and oxygen atoms in total. The minimum atomic E-state index is -1.71. The fourth-order valence-corrected chi connectivity index (χ4v) is 1.50. The molecule has 16 heavy (non-hydrogen) atoms. The first-order chi connectivity index (χ1) is 7.45. The van der Waals surface area contributed by atoms with Crippen molar-refractivity contribution in [3.8, 4) is 0 Å². The second kappa shape index (κ2) is 5.73. The highest BCUT2D eigenvalue weighted by Crippen LogP contribution is 2.30. The molecule has 0 heterocycles. The van der Waals surface area contributed by atoms with Gasteiger partial charge in [0.25, 0.3) is 5.91 Å². The topological polar surface area (TPSA) is 38.3 Å². The average molecular weight is 283 g/mol. The van der Waals surface area contributed by atoms with Gasteiger partial charge in [0.1, 0.15) is 0 Å². The molecule has 0 aromatic heterocycles. The summed E-state index contributed by atoms with van der Waals surface area (Å²) in [6.45, 7) is 0. The van der Waals surface area contributed by atoms with Gasteiger partial charge in [0.05, 0.1) is 0 Å². The Bertz CT molecular complexity index is 351. The number of methoxy groups -OCH3 is 1. The van der Waals surface area contributed by atoms with E-state index in [1.807, 2.05) is 0 Å². The third-order valence-corrected chi connectivity index (χ3v) is 2.43. The van der Waals surface area contributed by atoms with Gasteiger partial charge in [-0.3, -0.25) is 4.79 Å². The Morgan fingerprint density at radius 2 is 1.88 bits per heavy atom. The van der Waals surface area contributed by atoms with E-state index < -0.39 is 10.0 Å². The molecule has 0 spiro atoms. The highest BCUT2D eigenvalue weighted by molar-refractivity contribution is 6.68. The van der Waals surface area contributed by atoms with Crippen LogP contribution in [-0.2, 0) is 4.74 Å². The monoisotopic (exact) mass is 281 g/mol. The number of hydrogen-bond acceptors (Lipinski definition) is 2. The van der Waals surface area contributed by atoms with Crippen LogP contribution in [0.4, 0.5) is 0 Å². The van der Waals surface area contributed by atoms with E-state index in [4.69, 9.17) is 39.5 Å². The van der Waals surface area contributed by atoms with Gasteiger partial charge in [-0.25, -0.2) is 0 Å². The number of benzene rings is 1. The van der Waals surface area contributed by atoms with Gasteiger partial charge >= 0.3 is 0 Å². The zero-order chi connectivity index (χ0) is 12.2. The summed E-state index contributed by atoms with van der Waals surface area (Å²) in [5, 5.41) is 2.47. The Kier molecular flexibility index (Phi) is 4.87. The van der Waals surface area contributed by atoms with Crippen LogP contribution < -0.4 is 5.32 Å². The zero-order valence-electron chi connectivity index (χ0n) is 8.41. The van der Waals surface area contributed by atoms with Crippen LogP contribution in [0.3, 0.4) is 0 Å². The van der Waals surface area contributed by atoms with Crippen LogP contribution in [0.2, 0.25) is 0 Å². The van der Waals surface area contributed by atoms with Crippen LogP contribution in [-0.4, -0.2) is 23.0 Å². The lowest BCUT2D eigenvalue weighted by Crippen LogP contribution is -2.45. The van der Waals surface area contributed by atoms with Crippen molar-refractivity contribution in [1.82, 2.24) is 5.32 Å². The lowest BCUT2D eigenvalue weighted by atomic mass is 10.2. The predicted octanol–water partition coefficient (Wildman–Crippen LogP) is 2.76. The summed E-state index contributed by atoms with van der Waals surface area (Å²) in [6.07, 6.45) is -0.995. The van der Waals surface area contributed by atoms with Crippen LogP contribution >= 0.6 is 34.8 Å². The van der Waals surface area contributed by atoms with Gasteiger partial charge < -0.3 is 10.1 Å². The molecule has 0 aliphatic rings. The summed E-state index contributed by atoms with van der Waals surface area (Å²) >= 11 is 16.9. The van der Waals surface area contributed by atoms with E-state index >= 15 is 0 Å². The summed E-state index contributed by atoms with van der Waals surface area (Å²) in [4.78, 5) is 11.7. The third-order valence-electron chi connectivity index (χ3n) is 1.83. The molecule has 6 heteroatoms. The summed E-state index contributed by atoms with van der Waals surface area (Å²) in [6, 6.07) is 8.60. The molecular formula is C10H10Cl3NO2. The molecule has 1 amide bonds. The predicted molar refractivity (Wildman–Crippen MR) is 65.0 cm³/mol. The lowest BCUT2D eigenvalue weighted by molar-refractivity contribution is 0.0596. The Balaban J connectivity index is 2.71. The third kappa shape index (κ3) is 3.83. The maximum atomic E-state index is 11.7. The van der Waals surface area contributed by atoms with E-state index in [0.717, 1.165) is 0 Å². The number of alkyl halides is 3. The van der Waals surface area contributed by atoms with Gasteiger partial charge in [-0.05, 0) is 12.1 Å². The van der Waals surface area contributed by atoms with Gasteiger partial charge in [-0.15, -0.1) is 0 Å². The molecule has 0 aliphatic carbocycles. The average Bonchev–Trinajstić information content (AvgIpc) is 2.25. The first-order valence-electron chi connectivity index (χ1n) is 4.40. The maximum Gasteiger partial charge on any atom is 0.253 e. The number of hydrogen-bond donors (Lipinski definition) is 1. The molecule has 0 aliphatic heterocycles. The summed E-state index contributed by atoms with van der Waals surface area (Å²) in [7, 11) is 1.35. The number of halogens is 3. The first kappa shape index (κ1) is 13.6. The Morgan fingerprint density at radius 1 is 1.31 bits per heavy atom. The van der Waals surface area contributed by atoms with Gasteiger partial charge in [0.15, 0.2) is 6.23 Å². The van der Waals surface area contributed by atoms with E-state index in [0.29, 0.717) is 5.56 Å². The van der Waals surface area contributed by atoms with E-state index in [9.17, 15) is 4.79 Å². The van der Waals surface area contributed by atoms with Crippen LogP contribution in [0.1, 0.15) is 10.4 Å². The Hall–Kier alpha value is -0.480. The van der Waals surface area contributed by atoms with Crippen molar-refractivity contribution in [2.75, 3.05) is 7.11 Å². The molecule has 0 saturated heterocycles. The van der Waals surface area contributed by atoms with Crippen LogP contribution in [0.15, 0.2) is 30.3 Å². The highest BCUT2D eigenvalue weighted by Gasteiger charge is 2.34. The van der Waals surface area contributed by atoms with Crippen molar-refractivity contribution in [3.05, 3.63) is 35.9 Å². The second-order valence-corrected chi connectivity index (χ2v) is 5.37. The first-order valence-corrected chi connectivity index (χ1v) is 5.54. The van der Waals surface area contributed by atoms with Crippen LogP contribution in [0.5, 0.6) is 0 Å². The van der Waals surface area contributed by atoms with Gasteiger partial charge in [0, 0.05) is 12.7 Å². The minimum Gasteiger partial charge on any atom is -0.357 e. The van der Waals surface area contributed by atoms with Crippen molar-refractivity contribution < 1.29 is 9.53 Å². The van der Waals surface area contributed by atoms with Gasteiger partial charge in [-0.1, -0.05) is 53.0 Å². The molecule has 0 radical (unpaired) electrons. The minimum absolute atomic E-state index is 0.362. The number of nitrogens with one attached hydrogen (secondary N) is 1. The van der Waals surface area contributed by atoms with Crippen molar-refractivity contribution in [2.45, 2.75) is 10.0 Å². The molecule has 1 atom stereocenters. The van der Waals surface area contributed by atoms with Crippen molar-refractivity contribution in [1.29, 1.82) is 0 Å². The second-order valence-electron chi connectivity index (χ2n) is 3.00. The molecule has 1 aromatic carbocycles. The van der Waals surface area contributed by atoms with E-state index in [-0.39, 0.29) is 5.91 Å². The van der Waals surface area contributed by atoms with Gasteiger partial charge in [-0.2, -0.15) is 0 Å². The molecule has 1 N–H and O–H groups in total. The number of carbonyl (C=O) groups is 1. The summed E-state index contributed by atoms with van der Waals surface area (Å²) in [5.74, 6) is -0.362. The molecule has 0 fully saturated rings. The van der Waals surface area contributed by atoms with Gasteiger partial charge in [0.2, 0.25) is 3.79 Å². The smallest absolute Gasteiger partial charge is 0.253 e. The molecule has 1 aromatic rings. The van der Waals surface area contributed by atoms with E-state index in [1.165, 1.54) is 7.11 Å². The quantitative estimate of drug-likeness (QED) is 0.684. The maximum absolute atomic E-state index is 11.7. The van der Waals surface area contributed by atoms with Crippen LogP contribution in [0.25, 0.3) is 0 Å². The van der Waals surface area contributed by atoms with Crippen molar-refractivity contribution in [2.24, 2.45) is 0 Å². The molecule has 0 unspecified atom stereocenters. The fraction of sp³-hybridized carbons (Fsp3) is 0.300. The molecule has 88 valence electrons. The Labute approximate surface area is 109 Å². The molecule has 1 rings (SSSR count). The lowest BCUT2D eigenvalue weighted by Gasteiger charge is -2.23. The normalized spacial score (nSPS) is 13.2. The zero-order valence-corrected chi connectivity index (χ0v) is 10.7. The highest BCUT2D eigenvalue weighted by atomic mass is 35.6. The fourth-order valence-electron chi connectivity index (χ4n) is 1.07. The van der Waals surface area contributed by atoms with Crippen molar-refractivity contribution in [3.63, 3.8) is 0 Å². The van der Waals surface area contributed by atoms with E-state index in [1.54, 1.807) is 30.3 Å². The van der Waals surface area contributed by atoms with Crippen LogP contribution in [0, 0.1) is 0 Å². The standard InChI is InChI=1S/C10H10Cl3NO2/c1-16-9(10(11,12)13)14-8(15)7-5-3-2-4-6-7/h2-6,9H,1H3,(H,14,15)/t9-/m1/s1. The van der Waals surface area contributed by atoms with Crippen molar-refractivity contribution >= 4 is 40.7 Å². The number of carbonyl (C=O) groups excluding carboxylic acids is 1. The SMILES string of the molecule is CO[C@@H](NC(=O)c1ccccc1)C(Cl)(Cl)Cl. The summed E-state index contributed by atoms with van der Waals surface area (Å²) in [5.41, 5.74) is 0.471. The molecular weight excluding hydrogens is 272 g/mol. The largest absolute Gasteiger partial charge is 0.357 e. The number of ether oxygens (including phenoxy) is 1. The molecule has 0 saturated carbocycles. The molecule has 0 bridgehead atoms. The van der Waals surface area contributed by atoms with E-state index in [2.05, 4.69) is 5.32 Å². The summed E-state index contributed by atoms with van der Waals surface area (Å²) < 4.78 is 3.17.